The first kappa shape index (κ1) is 10.2. The maximum atomic E-state index is 8.30. The van der Waals surface area contributed by atoms with E-state index in [4.69, 9.17) is 5.26 Å². The third-order valence-electron chi connectivity index (χ3n) is 1.80. The Labute approximate surface area is 83.2 Å². The first-order chi connectivity index (χ1) is 6.43. The van der Waals surface area contributed by atoms with Crippen molar-refractivity contribution >= 4 is 11.3 Å². The van der Waals surface area contributed by atoms with Crippen LogP contribution in [0.1, 0.15) is 24.8 Å². The topological polar surface area (TPSA) is 35.8 Å². The van der Waals surface area contributed by atoms with Gasteiger partial charge in [-0.1, -0.05) is 0 Å². The lowest BCUT2D eigenvalue weighted by Gasteiger charge is -2.00. The van der Waals surface area contributed by atoms with Crippen LogP contribution >= 0.6 is 11.3 Å². The second-order valence-corrected chi connectivity index (χ2v) is 3.70. The fourth-order valence-electron chi connectivity index (χ4n) is 1.08. The van der Waals surface area contributed by atoms with Gasteiger partial charge in [-0.15, -0.1) is 0 Å². The van der Waals surface area contributed by atoms with E-state index in [1.165, 1.54) is 5.56 Å². The molecular formula is C10H14N2S. The van der Waals surface area contributed by atoms with Gasteiger partial charge < -0.3 is 5.32 Å². The maximum Gasteiger partial charge on any atom is 0.0621 e. The summed E-state index contributed by atoms with van der Waals surface area (Å²) in [5, 5.41) is 15.9. The van der Waals surface area contributed by atoms with Gasteiger partial charge in [0, 0.05) is 13.0 Å². The average molecular weight is 194 g/mol. The summed E-state index contributed by atoms with van der Waals surface area (Å²) in [6.07, 6.45) is 2.78. The third kappa shape index (κ3) is 4.66. The molecule has 0 aliphatic rings. The number of nitrogens with zero attached hydrogens (tertiary/aromatic N) is 1. The molecule has 0 atom stereocenters. The molecule has 1 aromatic rings. The highest BCUT2D eigenvalue weighted by Gasteiger charge is 1.91. The van der Waals surface area contributed by atoms with Crippen LogP contribution in [0.15, 0.2) is 16.8 Å². The highest BCUT2D eigenvalue weighted by atomic mass is 32.1. The monoisotopic (exact) mass is 194 g/mol. The molecule has 0 saturated carbocycles. The van der Waals surface area contributed by atoms with Crippen molar-refractivity contribution in [2.24, 2.45) is 0 Å². The molecule has 0 aliphatic heterocycles. The Bertz CT molecular complexity index is 248. The lowest BCUT2D eigenvalue weighted by molar-refractivity contribution is 0.629. The Morgan fingerprint density at radius 3 is 3.08 bits per heavy atom. The Kier molecular flexibility index (Phi) is 5.23. The molecule has 0 aliphatic carbocycles. The molecule has 2 nitrogen and oxygen atoms in total. The normalized spacial score (nSPS) is 9.77. The first-order valence-electron chi connectivity index (χ1n) is 4.52. The summed E-state index contributed by atoms with van der Waals surface area (Å²) in [6, 6.07) is 4.28. The van der Waals surface area contributed by atoms with Gasteiger partial charge in [-0.25, -0.2) is 0 Å². The molecule has 3 heteroatoms. The minimum atomic E-state index is 0.681. The molecule has 0 bridgehead atoms. The van der Waals surface area contributed by atoms with Crippen molar-refractivity contribution in [1.29, 1.82) is 5.26 Å². The molecule has 70 valence electrons. The second-order valence-electron chi connectivity index (χ2n) is 2.92. The van der Waals surface area contributed by atoms with Crippen LogP contribution in [0.25, 0.3) is 0 Å². The van der Waals surface area contributed by atoms with Gasteiger partial charge in [0.1, 0.15) is 0 Å². The minimum Gasteiger partial charge on any atom is -0.313 e. The predicted molar refractivity (Wildman–Crippen MR) is 55.5 cm³/mol. The summed E-state index contributed by atoms with van der Waals surface area (Å²) in [4.78, 5) is 0. The zero-order valence-electron chi connectivity index (χ0n) is 7.62. The number of thiophene rings is 1. The van der Waals surface area contributed by atoms with Gasteiger partial charge in [-0.2, -0.15) is 16.6 Å². The van der Waals surface area contributed by atoms with Crippen molar-refractivity contribution < 1.29 is 0 Å². The minimum absolute atomic E-state index is 0.681. The van der Waals surface area contributed by atoms with E-state index in [2.05, 4.69) is 28.2 Å². The van der Waals surface area contributed by atoms with Gasteiger partial charge in [0.25, 0.3) is 0 Å². The molecule has 0 fully saturated rings. The summed E-state index contributed by atoms with van der Waals surface area (Å²) >= 11 is 1.73. The lowest BCUT2D eigenvalue weighted by Crippen LogP contribution is -2.13. The molecule has 0 amide bonds. The molecule has 1 heterocycles. The number of nitriles is 1. The number of unbranched alkanes of at least 4 members (excludes halogenated alkanes) is 2. The lowest BCUT2D eigenvalue weighted by atomic mass is 10.2. The molecule has 1 N–H and O–H groups in total. The number of rotatable bonds is 6. The standard InChI is InChI=1S/C10H14N2S/c11-5-2-1-3-6-12-8-10-4-7-13-9-10/h4,7,9,12H,1-3,6,8H2. The van der Waals surface area contributed by atoms with Gasteiger partial charge in [-0.3, -0.25) is 0 Å². The molecule has 1 rings (SSSR count). The van der Waals surface area contributed by atoms with Gasteiger partial charge >= 0.3 is 0 Å². The molecule has 1 aromatic heterocycles. The van der Waals surface area contributed by atoms with Crippen molar-refractivity contribution in [2.75, 3.05) is 6.54 Å². The van der Waals surface area contributed by atoms with E-state index in [-0.39, 0.29) is 0 Å². The highest BCUT2D eigenvalue weighted by molar-refractivity contribution is 7.07. The average Bonchev–Trinajstić information content (AvgIpc) is 2.63. The van der Waals surface area contributed by atoms with E-state index in [9.17, 15) is 0 Å². The van der Waals surface area contributed by atoms with Crippen LogP contribution in [0, 0.1) is 11.3 Å². The summed E-state index contributed by atoms with van der Waals surface area (Å²) in [5.41, 5.74) is 1.35. The zero-order valence-corrected chi connectivity index (χ0v) is 8.44. The van der Waals surface area contributed by atoms with Crippen molar-refractivity contribution in [3.05, 3.63) is 22.4 Å². The van der Waals surface area contributed by atoms with Crippen LogP contribution in [-0.4, -0.2) is 6.54 Å². The van der Waals surface area contributed by atoms with Crippen LogP contribution in [-0.2, 0) is 6.54 Å². The third-order valence-corrected chi connectivity index (χ3v) is 2.53. The van der Waals surface area contributed by atoms with Crippen LogP contribution in [0.5, 0.6) is 0 Å². The van der Waals surface area contributed by atoms with E-state index in [0.29, 0.717) is 6.42 Å². The van der Waals surface area contributed by atoms with E-state index < -0.39 is 0 Å². The fourth-order valence-corrected chi connectivity index (χ4v) is 1.75. The Balaban J connectivity index is 1.94. The molecule has 0 unspecified atom stereocenters. The van der Waals surface area contributed by atoms with E-state index in [1.807, 2.05) is 0 Å². The number of hydrogen-bond donors (Lipinski definition) is 1. The Morgan fingerprint density at radius 1 is 1.46 bits per heavy atom. The summed E-state index contributed by atoms with van der Waals surface area (Å²) in [7, 11) is 0. The molecule has 0 saturated heterocycles. The fraction of sp³-hybridized carbons (Fsp3) is 0.500. The van der Waals surface area contributed by atoms with E-state index in [1.54, 1.807) is 11.3 Å². The van der Waals surface area contributed by atoms with Crippen molar-refractivity contribution in [2.45, 2.75) is 25.8 Å². The van der Waals surface area contributed by atoms with Gasteiger partial charge in [0.2, 0.25) is 0 Å². The molecule has 13 heavy (non-hydrogen) atoms. The second kappa shape index (κ2) is 6.64. The summed E-state index contributed by atoms with van der Waals surface area (Å²) < 4.78 is 0. The smallest absolute Gasteiger partial charge is 0.0621 e. The maximum absolute atomic E-state index is 8.30. The quantitative estimate of drug-likeness (QED) is 0.706. The molecule has 0 aromatic carbocycles. The van der Waals surface area contributed by atoms with Crippen LogP contribution in [0.3, 0.4) is 0 Å². The first-order valence-corrected chi connectivity index (χ1v) is 5.46. The van der Waals surface area contributed by atoms with Gasteiger partial charge in [0.05, 0.1) is 6.07 Å². The number of nitrogens with one attached hydrogen (secondary N) is 1. The molecule has 0 radical (unpaired) electrons. The Hall–Kier alpha value is -0.850. The summed E-state index contributed by atoms with van der Waals surface area (Å²) in [5.74, 6) is 0. The van der Waals surface area contributed by atoms with Gasteiger partial charge in [-0.05, 0) is 41.8 Å². The molecule has 0 spiro atoms. The van der Waals surface area contributed by atoms with E-state index in [0.717, 1.165) is 25.9 Å². The van der Waals surface area contributed by atoms with Crippen molar-refractivity contribution in [1.82, 2.24) is 5.32 Å². The van der Waals surface area contributed by atoms with Crippen molar-refractivity contribution in [3.63, 3.8) is 0 Å². The van der Waals surface area contributed by atoms with Gasteiger partial charge in [0.15, 0.2) is 0 Å². The highest BCUT2D eigenvalue weighted by Crippen LogP contribution is 2.04. The summed E-state index contributed by atoms with van der Waals surface area (Å²) in [6.45, 7) is 1.97. The largest absolute Gasteiger partial charge is 0.313 e. The molecular weight excluding hydrogens is 180 g/mol. The zero-order chi connectivity index (χ0) is 9.36. The van der Waals surface area contributed by atoms with Crippen LogP contribution in [0.4, 0.5) is 0 Å². The number of hydrogen-bond acceptors (Lipinski definition) is 3. The Morgan fingerprint density at radius 2 is 2.38 bits per heavy atom. The van der Waals surface area contributed by atoms with Crippen LogP contribution < -0.4 is 5.32 Å². The van der Waals surface area contributed by atoms with Crippen molar-refractivity contribution in [3.8, 4) is 6.07 Å². The SMILES string of the molecule is N#CCCCCNCc1ccsc1. The van der Waals surface area contributed by atoms with E-state index >= 15 is 0 Å². The predicted octanol–water partition coefficient (Wildman–Crippen LogP) is 2.53. The van der Waals surface area contributed by atoms with Crippen LogP contribution in [0.2, 0.25) is 0 Å².